The van der Waals surface area contributed by atoms with Crippen molar-refractivity contribution in [1.29, 1.82) is 0 Å². The molecule has 0 fully saturated rings. The fourth-order valence-electron chi connectivity index (χ4n) is 1.40. The quantitative estimate of drug-likeness (QED) is 0.818. The van der Waals surface area contributed by atoms with E-state index in [0.717, 1.165) is 5.69 Å². The van der Waals surface area contributed by atoms with Gasteiger partial charge < -0.3 is 11.1 Å². The Labute approximate surface area is 93.1 Å². The van der Waals surface area contributed by atoms with Crippen molar-refractivity contribution in [2.24, 2.45) is 5.73 Å². The number of nitrogens with zero attached hydrogens (tertiary/aromatic N) is 1. The predicted octanol–water partition coefficient (Wildman–Crippen LogP) is 1.92. The van der Waals surface area contributed by atoms with E-state index >= 15 is 0 Å². The van der Waals surface area contributed by atoms with Crippen molar-refractivity contribution in [3.63, 3.8) is 0 Å². The number of nitrogens with two attached hydrogens (primary N) is 1. The Morgan fingerprint density at radius 2 is 2.00 bits per heavy atom. The van der Waals surface area contributed by atoms with Crippen LogP contribution in [-0.2, 0) is 0 Å². The number of aromatic nitrogens is 1. The summed E-state index contributed by atoms with van der Waals surface area (Å²) >= 11 is 0. The highest BCUT2D eigenvalue weighted by molar-refractivity contribution is 5.99. The van der Waals surface area contributed by atoms with Crippen LogP contribution in [0.1, 0.15) is 10.4 Å². The van der Waals surface area contributed by atoms with E-state index in [-0.39, 0.29) is 0 Å². The number of anilines is 2. The molecule has 4 nitrogen and oxygen atoms in total. The van der Waals surface area contributed by atoms with Gasteiger partial charge in [-0.3, -0.25) is 9.78 Å². The van der Waals surface area contributed by atoms with E-state index in [4.69, 9.17) is 5.73 Å². The lowest BCUT2D eigenvalue weighted by atomic mass is 10.1. The van der Waals surface area contributed by atoms with Crippen LogP contribution in [0.3, 0.4) is 0 Å². The van der Waals surface area contributed by atoms with Crippen molar-refractivity contribution in [2.75, 3.05) is 5.32 Å². The smallest absolute Gasteiger partial charge is 0.250 e. The average Bonchev–Trinajstić information content (AvgIpc) is 2.31. The monoisotopic (exact) mass is 213 g/mol. The van der Waals surface area contributed by atoms with E-state index < -0.39 is 5.91 Å². The standard InChI is InChI=1S/C12H11N3O/c13-12(16)10-5-1-2-6-11(10)15-9-4-3-7-14-8-9/h1-8,15H,(H2,13,16). The number of carbonyl (C=O) groups is 1. The van der Waals surface area contributed by atoms with Crippen molar-refractivity contribution in [3.8, 4) is 0 Å². The number of amides is 1. The number of nitrogens with one attached hydrogen (secondary N) is 1. The molecule has 0 aliphatic heterocycles. The zero-order valence-corrected chi connectivity index (χ0v) is 8.55. The Bertz CT molecular complexity index is 497. The highest BCUT2D eigenvalue weighted by Gasteiger charge is 2.06. The predicted molar refractivity (Wildman–Crippen MR) is 62.5 cm³/mol. The Balaban J connectivity index is 2.31. The fraction of sp³-hybridized carbons (Fsp3) is 0. The molecule has 4 heteroatoms. The molecule has 0 aliphatic carbocycles. The lowest BCUT2D eigenvalue weighted by molar-refractivity contribution is 0.100. The number of hydrogen-bond acceptors (Lipinski definition) is 3. The summed E-state index contributed by atoms with van der Waals surface area (Å²) in [7, 11) is 0. The van der Waals surface area contributed by atoms with Gasteiger partial charge in [-0.1, -0.05) is 12.1 Å². The topological polar surface area (TPSA) is 68.0 Å². The number of pyridine rings is 1. The first kappa shape index (κ1) is 10.2. The summed E-state index contributed by atoms with van der Waals surface area (Å²) < 4.78 is 0. The van der Waals surface area contributed by atoms with E-state index in [0.29, 0.717) is 11.3 Å². The molecule has 0 saturated carbocycles. The Morgan fingerprint density at radius 3 is 2.69 bits per heavy atom. The summed E-state index contributed by atoms with van der Waals surface area (Å²) in [5.41, 5.74) is 7.24. The average molecular weight is 213 g/mol. The van der Waals surface area contributed by atoms with E-state index in [1.807, 2.05) is 18.2 Å². The molecule has 2 rings (SSSR count). The molecule has 2 aromatic rings. The first-order chi connectivity index (χ1) is 7.77. The Morgan fingerprint density at radius 1 is 1.19 bits per heavy atom. The summed E-state index contributed by atoms with van der Waals surface area (Å²) in [6.07, 6.45) is 3.36. The highest BCUT2D eigenvalue weighted by atomic mass is 16.1. The first-order valence-electron chi connectivity index (χ1n) is 4.83. The van der Waals surface area contributed by atoms with Crippen LogP contribution in [-0.4, -0.2) is 10.9 Å². The second-order valence-corrected chi connectivity index (χ2v) is 3.28. The molecular weight excluding hydrogens is 202 g/mol. The SMILES string of the molecule is NC(=O)c1ccccc1Nc1cccnc1. The van der Waals surface area contributed by atoms with Crippen LogP contribution < -0.4 is 11.1 Å². The zero-order valence-electron chi connectivity index (χ0n) is 8.55. The molecule has 1 aromatic heterocycles. The molecule has 0 radical (unpaired) electrons. The molecular formula is C12H11N3O. The van der Waals surface area contributed by atoms with Gasteiger partial charge in [0.25, 0.3) is 5.91 Å². The molecule has 0 spiro atoms. The van der Waals surface area contributed by atoms with Gasteiger partial charge in [0.2, 0.25) is 0 Å². The van der Waals surface area contributed by atoms with Crippen LogP contribution in [0.5, 0.6) is 0 Å². The summed E-state index contributed by atoms with van der Waals surface area (Å²) in [5.74, 6) is -0.452. The summed E-state index contributed by atoms with van der Waals surface area (Å²) in [5, 5.41) is 3.09. The van der Waals surface area contributed by atoms with Crippen LogP contribution in [0.15, 0.2) is 48.8 Å². The van der Waals surface area contributed by atoms with Gasteiger partial charge in [0.05, 0.1) is 23.1 Å². The summed E-state index contributed by atoms with van der Waals surface area (Å²) in [4.78, 5) is 15.2. The zero-order chi connectivity index (χ0) is 11.4. The number of carbonyl (C=O) groups excluding carboxylic acids is 1. The fourth-order valence-corrected chi connectivity index (χ4v) is 1.40. The van der Waals surface area contributed by atoms with Crippen molar-refractivity contribution in [3.05, 3.63) is 54.4 Å². The molecule has 0 bridgehead atoms. The van der Waals surface area contributed by atoms with Crippen molar-refractivity contribution < 1.29 is 4.79 Å². The number of benzene rings is 1. The summed E-state index contributed by atoms with van der Waals surface area (Å²) in [6.45, 7) is 0. The largest absolute Gasteiger partial charge is 0.366 e. The van der Waals surface area contributed by atoms with Gasteiger partial charge in [-0.25, -0.2) is 0 Å². The molecule has 80 valence electrons. The molecule has 1 aromatic carbocycles. The lowest BCUT2D eigenvalue weighted by Gasteiger charge is -2.08. The van der Waals surface area contributed by atoms with Gasteiger partial charge in [0.1, 0.15) is 0 Å². The van der Waals surface area contributed by atoms with E-state index in [1.165, 1.54) is 0 Å². The van der Waals surface area contributed by atoms with Crippen LogP contribution in [0, 0.1) is 0 Å². The molecule has 0 unspecified atom stereocenters. The van der Waals surface area contributed by atoms with E-state index in [1.54, 1.807) is 30.6 Å². The van der Waals surface area contributed by atoms with Crippen molar-refractivity contribution in [2.45, 2.75) is 0 Å². The number of para-hydroxylation sites is 1. The van der Waals surface area contributed by atoms with Crippen molar-refractivity contribution in [1.82, 2.24) is 4.98 Å². The van der Waals surface area contributed by atoms with Gasteiger partial charge in [-0.05, 0) is 24.3 Å². The summed E-state index contributed by atoms with van der Waals surface area (Å²) in [6, 6.07) is 10.8. The number of primary amides is 1. The third kappa shape index (κ3) is 2.17. The van der Waals surface area contributed by atoms with Crippen LogP contribution in [0.2, 0.25) is 0 Å². The number of hydrogen-bond donors (Lipinski definition) is 2. The second kappa shape index (κ2) is 4.44. The van der Waals surface area contributed by atoms with E-state index in [9.17, 15) is 4.79 Å². The molecule has 1 amide bonds. The maximum absolute atomic E-state index is 11.2. The minimum Gasteiger partial charge on any atom is -0.366 e. The first-order valence-corrected chi connectivity index (χ1v) is 4.83. The van der Waals surface area contributed by atoms with Gasteiger partial charge in [-0.2, -0.15) is 0 Å². The number of rotatable bonds is 3. The molecule has 0 aliphatic rings. The maximum atomic E-state index is 11.2. The second-order valence-electron chi connectivity index (χ2n) is 3.28. The Hall–Kier alpha value is -2.36. The minimum absolute atomic E-state index is 0.452. The molecule has 0 saturated heterocycles. The van der Waals surface area contributed by atoms with E-state index in [2.05, 4.69) is 10.3 Å². The molecule has 3 N–H and O–H groups in total. The van der Waals surface area contributed by atoms with Gasteiger partial charge in [0.15, 0.2) is 0 Å². The minimum atomic E-state index is -0.452. The normalized spacial score (nSPS) is 9.75. The van der Waals surface area contributed by atoms with Crippen LogP contribution >= 0.6 is 0 Å². The van der Waals surface area contributed by atoms with Gasteiger partial charge in [0, 0.05) is 6.20 Å². The van der Waals surface area contributed by atoms with Gasteiger partial charge >= 0.3 is 0 Å². The third-order valence-electron chi connectivity index (χ3n) is 2.13. The maximum Gasteiger partial charge on any atom is 0.250 e. The third-order valence-corrected chi connectivity index (χ3v) is 2.13. The van der Waals surface area contributed by atoms with Crippen LogP contribution in [0.25, 0.3) is 0 Å². The van der Waals surface area contributed by atoms with Gasteiger partial charge in [-0.15, -0.1) is 0 Å². The molecule has 16 heavy (non-hydrogen) atoms. The van der Waals surface area contributed by atoms with Crippen LogP contribution in [0.4, 0.5) is 11.4 Å². The molecule has 1 heterocycles. The molecule has 0 atom stereocenters. The highest BCUT2D eigenvalue weighted by Crippen LogP contribution is 2.19. The lowest BCUT2D eigenvalue weighted by Crippen LogP contribution is -2.13. The van der Waals surface area contributed by atoms with Crippen molar-refractivity contribution >= 4 is 17.3 Å². The Kier molecular flexibility index (Phi) is 2.82.